The number of likely N-dealkylation sites (tertiary alicyclic amines) is 1. The van der Waals surface area contributed by atoms with E-state index in [4.69, 9.17) is 5.73 Å². The van der Waals surface area contributed by atoms with Crippen LogP contribution in [0.25, 0.3) is 0 Å². The third-order valence-electron chi connectivity index (χ3n) is 3.79. The molecule has 0 aliphatic carbocycles. The summed E-state index contributed by atoms with van der Waals surface area (Å²) in [5.41, 5.74) is 5.86. The molecule has 1 rings (SSSR count). The molecule has 0 saturated carbocycles. The monoisotopic (exact) mass is 284 g/mol. The summed E-state index contributed by atoms with van der Waals surface area (Å²) < 4.78 is 0. The molecule has 6 heteroatoms. The number of amides is 2. The highest BCUT2D eigenvalue weighted by atomic mass is 16.2. The summed E-state index contributed by atoms with van der Waals surface area (Å²) in [4.78, 5) is 25.3. The highest BCUT2D eigenvalue weighted by Gasteiger charge is 2.23. The fraction of sp³-hybridized carbons (Fsp3) is 0.857. The van der Waals surface area contributed by atoms with Gasteiger partial charge in [-0.15, -0.1) is 0 Å². The summed E-state index contributed by atoms with van der Waals surface area (Å²) in [5.74, 6) is -0.00252. The summed E-state index contributed by atoms with van der Waals surface area (Å²) in [6, 6.07) is -0.199. The predicted molar refractivity (Wildman–Crippen MR) is 79.2 cm³/mol. The third-order valence-corrected chi connectivity index (χ3v) is 3.79. The van der Waals surface area contributed by atoms with Gasteiger partial charge in [0.15, 0.2) is 0 Å². The Kier molecular flexibility index (Phi) is 7.54. The summed E-state index contributed by atoms with van der Waals surface area (Å²) in [5, 5.41) is 5.65. The zero-order valence-electron chi connectivity index (χ0n) is 12.7. The molecule has 0 spiro atoms. The number of piperidine rings is 1. The minimum Gasteiger partial charge on any atom is -0.358 e. The third kappa shape index (κ3) is 5.88. The lowest BCUT2D eigenvalue weighted by Gasteiger charge is -2.32. The van der Waals surface area contributed by atoms with Crippen molar-refractivity contribution in [3.8, 4) is 0 Å². The second kappa shape index (κ2) is 8.92. The van der Waals surface area contributed by atoms with E-state index in [0.29, 0.717) is 6.54 Å². The second-order valence-electron chi connectivity index (χ2n) is 5.48. The Balaban J connectivity index is 2.24. The minimum absolute atomic E-state index is 0.0362. The molecule has 6 nitrogen and oxygen atoms in total. The lowest BCUT2D eigenvalue weighted by Crippen LogP contribution is -2.50. The van der Waals surface area contributed by atoms with Crippen LogP contribution in [0.4, 0.5) is 0 Å². The van der Waals surface area contributed by atoms with E-state index in [1.54, 1.807) is 7.05 Å². The fourth-order valence-electron chi connectivity index (χ4n) is 2.38. The van der Waals surface area contributed by atoms with E-state index in [1.807, 2.05) is 0 Å². The molecule has 20 heavy (non-hydrogen) atoms. The van der Waals surface area contributed by atoms with Gasteiger partial charge in [-0.1, -0.05) is 19.8 Å². The first kappa shape index (κ1) is 16.9. The van der Waals surface area contributed by atoms with Gasteiger partial charge in [-0.2, -0.15) is 0 Å². The number of nitrogens with zero attached hydrogens (tertiary/aromatic N) is 1. The van der Waals surface area contributed by atoms with Crippen LogP contribution in [0.2, 0.25) is 0 Å². The highest BCUT2D eigenvalue weighted by molar-refractivity contribution is 5.81. The number of hydrogen-bond donors (Lipinski definition) is 3. The number of unbranched alkanes of at least 4 members (excludes halogenated alkanes) is 1. The number of rotatable bonds is 7. The first-order valence-electron chi connectivity index (χ1n) is 7.55. The maximum absolute atomic E-state index is 11.9. The average molecular weight is 284 g/mol. The van der Waals surface area contributed by atoms with E-state index in [2.05, 4.69) is 22.5 Å². The maximum atomic E-state index is 11.9. The molecule has 0 bridgehead atoms. The van der Waals surface area contributed by atoms with E-state index in [-0.39, 0.29) is 23.9 Å². The van der Waals surface area contributed by atoms with E-state index in [1.165, 1.54) is 0 Å². The zero-order valence-corrected chi connectivity index (χ0v) is 12.7. The quantitative estimate of drug-likeness (QED) is 0.606. The molecule has 0 radical (unpaired) electrons. The largest absolute Gasteiger partial charge is 0.358 e. The first-order valence-corrected chi connectivity index (χ1v) is 7.55. The average Bonchev–Trinajstić information content (AvgIpc) is 2.46. The van der Waals surface area contributed by atoms with Crippen LogP contribution in [0.15, 0.2) is 0 Å². The van der Waals surface area contributed by atoms with E-state index >= 15 is 0 Å². The molecule has 1 heterocycles. The van der Waals surface area contributed by atoms with Gasteiger partial charge in [0.1, 0.15) is 0 Å². The van der Waals surface area contributed by atoms with E-state index in [9.17, 15) is 9.59 Å². The molecular formula is C14H28N4O2. The summed E-state index contributed by atoms with van der Waals surface area (Å²) in [6.45, 7) is 4.20. The van der Waals surface area contributed by atoms with Crippen LogP contribution in [0.5, 0.6) is 0 Å². The van der Waals surface area contributed by atoms with Gasteiger partial charge in [-0.3, -0.25) is 14.5 Å². The van der Waals surface area contributed by atoms with Gasteiger partial charge in [0, 0.05) is 26.2 Å². The second-order valence-corrected chi connectivity index (χ2v) is 5.48. The van der Waals surface area contributed by atoms with Gasteiger partial charge in [0.05, 0.1) is 12.6 Å². The fourth-order valence-corrected chi connectivity index (χ4v) is 2.38. The van der Waals surface area contributed by atoms with Gasteiger partial charge in [-0.25, -0.2) is 0 Å². The van der Waals surface area contributed by atoms with E-state index in [0.717, 1.165) is 45.2 Å². The molecule has 4 N–H and O–H groups in total. The lowest BCUT2D eigenvalue weighted by atomic mass is 10.0. The van der Waals surface area contributed by atoms with Crippen LogP contribution in [0, 0.1) is 0 Å². The number of likely N-dealkylation sites (N-methyl/N-ethyl adjacent to an activating group) is 1. The van der Waals surface area contributed by atoms with Crippen molar-refractivity contribution >= 4 is 11.8 Å². The number of nitrogens with two attached hydrogens (primary N) is 1. The minimum atomic E-state index is -0.390. The molecular weight excluding hydrogens is 256 g/mol. The smallest absolute Gasteiger partial charge is 0.237 e. The van der Waals surface area contributed by atoms with Crippen molar-refractivity contribution in [2.45, 2.75) is 51.1 Å². The Labute approximate surface area is 121 Å². The van der Waals surface area contributed by atoms with Crippen molar-refractivity contribution in [1.82, 2.24) is 15.5 Å². The molecule has 2 amide bonds. The molecule has 1 fully saturated rings. The van der Waals surface area contributed by atoms with Gasteiger partial charge in [-0.05, 0) is 19.3 Å². The number of nitrogens with one attached hydrogen (secondary N) is 2. The van der Waals surface area contributed by atoms with Crippen LogP contribution in [-0.2, 0) is 9.59 Å². The molecule has 1 saturated heterocycles. The summed E-state index contributed by atoms with van der Waals surface area (Å²) in [6.07, 6.45) is 4.54. The molecule has 0 aromatic carbocycles. The van der Waals surface area contributed by atoms with Crippen LogP contribution in [0.3, 0.4) is 0 Å². The Bertz CT molecular complexity index is 314. The van der Waals surface area contributed by atoms with Crippen LogP contribution < -0.4 is 16.4 Å². The highest BCUT2D eigenvalue weighted by Crippen LogP contribution is 2.10. The number of hydrogen-bond acceptors (Lipinski definition) is 4. The van der Waals surface area contributed by atoms with Gasteiger partial charge >= 0.3 is 0 Å². The van der Waals surface area contributed by atoms with Crippen molar-refractivity contribution in [1.29, 1.82) is 0 Å². The summed E-state index contributed by atoms with van der Waals surface area (Å²) in [7, 11) is 1.65. The molecule has 1 aliphatic rings. The van der Waals surface area contributed by atoms with Crippen LogP contribution in [-0.4, -0.2) is 55.5 Å². The summed E-state index contributed by atoms with van der Waals surface area (Å²) >= 11 is 0. The standard InChI is InChI=1S/C14H28N4O2/c1-3-4-5-12(15)14(20)17-11-6-8-18(9-7-11)10-13(19)16-2/h11-12H,3-10,15H2,1-2H3,(H,16,19)(H,17,20)/t12-/m0/s1. The predicted octanol–water partition coefficient (Wildman–Crippen LogP) is -0.169. The van der Waals surface area contributed by atoms with Crippen molar-refractivity contribution in [2.75, 3.05) is 26.7 Å². The Morgan fingerprint density at radius 1 is 1.35 bits per heavy atom. The van der Waals surface area contributed by atoms with E-state index < -0.39 is 0 Å². The van der Waals surface area contributed by atoms with Crippen molar-refractivity contribution in [3.63, 3.8) is 0 Å². The zero-order chi connectivity index (χ0) is 15.0. The van der Waals surface area contributed by atoms with Crippen molar-refractivity contribution in [2.24, 2.45) is 5.73 Å². The Hall–Kier alpha value is -1.14. The molecule has 0 unspecified atom stereocenters. The first-order chi connectivity index (χ1) is 9.56. The SMILES string of the molecule is CCCC[C@H](N)C(=O)NC1CCN(CC(=O)NC)CC1. The van der Waals surface area contributed by atoms with Gasteiger partial charge in [0.25, 0.3) is 0 Å². The van der Waals surface area contributed by atoms with Gasteiger partial charge in [0.2, 0.25) is 11.8 Å². The normalized spacial score (nSPS) is 18.6. The maximum Gasteiger partial charge on any atom is 0.237 e. The molecule has 0 aromatic rings. The molecule has 116 valence electrons. The topological polar surface area (TPSA) is 87.5 Å². The van der Waals surface area contributed by atoms with Crippen LogP contribution in [0.1, 0.15) is 39.0 Å². The van der Waals surface area contributed by atoms with Crippen LogP contribution >= 0.6 is 0 Å². The van der Waals surface area contributed by atoms with Gasteiger partial charge < -0.3 is 16.4 Å². The molecule has 1 aliphatic heterocycles. The van der Waals surface area contributed by atoms with Crippen molar-refractivity contribution in [3.05, 3.63) is 0 Å². The molecule has 0 aromatic heterocycles. The lowest BCUT2D eigenvalue weighted by molar-refractivity contribution is -0.124. The molecule has 1 atom stereocenters. The number of carbonyl (C=O) groups excluding carboxylic acids is 2. The number of carbonyl (C=O) groups is 2. The Morgan fingerprint density at radius 3 is 2.55 bits per heavy atom. The Morgan fingerprint density at radius 2 is 2.00 bits per heavy atom. The van der Waals surface area contributed by atoms with Crippen molar-refractivity contribution < 1.29 is 9.59 Å².